The Balaban J connectivity index is 0.00000169. The Kier molecular flexibility index (Phi) is 4.83. The third kappa shape index (κ3) is 3.14. The van der Waals surface area contributed by atoms with Crippen LogP contribution in [-0.2, 0) is 0 Å². The molecular weight excluding hydrogens is 327 g/mol. The van der Waals surface area contributed by atoms with Gasteiger partial charge in [-0.2, -0.15) is 0 Å². The minimum absolute atomic E-state index is 0. The van der Waals surface area contributed by atoms with E-state index in [4.69, 9.17) is 4.98 Å². The Morgan fingerprint density at radius 1 is 1.04 bits per heavy atom. The molecule has 4 nitrogen and oxygen atoms in total. The van der Waals surface area contributed by atoms with E-state index in [1.807, 2.05) is 19.1 Å². The van der Waals surface area contributed by atoms with E-state index >= 15 is 0 Å². The lowest BCUT2D eigenvalue weighted by Gasteiger charge is -2.28. The van der Waals surface area contributed by atoms with Crippen molar-refractivity contribution < 1.29 is 22.1 Å². The highest BCUT2D eigenvalue weighted by molar-refractivity contribution is 5.86. The van der Waals surface area contributed by atoms with Gasteiger partial charge in [-0.05, 0) is 50.5 Å². The molecule has 1 saturated heterocycles. The summed E-state index contributed by atoms with van der Waals surface area (Å²) in [7, 11) is 0. The summed E-state index contributed by atoms with van der Waals surface area (Å²) >= 11 is 0. The molecule has 0 spiro atoms. The van der Waals surface area contributed by atoms with Gasteiger partial charge in [0.05, 0.1) is 0 Å². The first-order valence-electron chi connectivity index (χ1n) is 8.17. The van der Waals surface area contributed by atoms with Gasteiger partial charge in [0.25, 0.3) is 0 Å². The van der Waals surface area contributed by atoms with Crippen LogP contribution in [0.1, 0.15) is 36.3 Å². The van der Waals surface area contributed by atoms with Gasteiger partial charge in [-0.3, -0.25) is 5.32 Å². The van der Waals surface area contributed by atoms with Crippen molar-refractivity contribution in [3.05, 3.63) is 47.2 Å². The molecule has 4 rings (SSSR count). The van der Waals surface area contributed by atoms with Crippen LogP contribution in [0.4, 0.5) is 15.9 Å². The Labute approximate surface area is 147 Å². The number of rotatable bonds is 2. The maximum atomic E-state index is 13.1. The van der Waals surface area contributed by atoms with Crippen LogP contribution < -0.4 is 22.6 Å². The summed E-state index contributed by atoms with van der Waals surface area (Å²) in [6.07, 6.45) is 5.81. The van der Waals surface area contributed by atoms with Gasteiger partial charge >= 0.3 is 0 Å². The van der Waals surface area contributed by atoms with Crippen molar-refractivity contribution in [3.63, 3.8) is 0 Å². The highest BCUT2D eigenvalue weighted by Gasteiger charge is 2.28. The molecule has 1 fully saturated rings. The number of nitrogens with two attached hydrogens (primary N) is 1. The van der Waals surface area contributed by atoms with Crippen LogP contribution in [-0.4, -0.2) is 23.1 Å². The Bertz CT molecular complexity index is 767. The molecule has 0 atom stereocenters. The van der Waals surface area contributed by atoms with Crippen LogP contribution in [0.3, 0.4) is 0 Å². The van der Waals surface area contributed by atoms with Crippen molar-refractivity contribution in [2.45, 2.75) is 26.2 Å². The van der Waals surface area contributed by atoms with Gasteiger partial charge in [-0.25, -0.2) is 14.4 Å². The van der Waals surface area contributed by atoms with Crippen molar-refractivity contribution in [1.29, 1.82) is 0 Å². The zero-order valence-electron chi connectivity index (χ0n) is 13.6. The molecule has 0 bridgehead atoms. The first-order chi connectivity index (χ1) is 11.2. The molecule has 2 N–H and O–H groups in total. The summed E-state index contributed by atoms with van der Waals surface area (Å²) in [5.41, 5.74) is 4.14. The third-order valence-electron chi connectivity index (χ3n) is 4.49. The van der Waals surface area contributed by atoms with Crippen LogP contribution in [0, 0.1) is 12.7 Å². The predicted molar refractivity (Wildman–Crippen MR) is 88.7 cm³/mol. The van der Waals surface area contributed by atoms with Gasteiger partial charge in [0.2, 0.25) is 5.69 Å². The number of quaternary nitrogens is 1. The summed E-state index contributed by atoms with van der Waals surface area (Å²) in [4.78, 5) is 11.7. The monoisotopic (exact) mass is 346 g/mol. The number of hydrogen-bond donors (Lipinski definition) is 1. The molecule has 6 heteroatoms. The fourth-order valence-electron chi connectivity index (χ4n) is 3.34. The van der Waals surface area contributed by atoms with Gasteiger partial charge < -0.3 is 17.3 Å². The smallest absolute Gasteiger partial charge is 0.203 e. The van der Waals surface area contributed by atoms with E-state index in [1.165, 1.54) is 31.4 Å². The lowest BCUT2D eigenvalue weighted by atomic mass is 10.1. The van der Waals surface area contributed by atoms with Crippen molar-refractivity contribution in [3.8, 4) is 0 Å². The fraction of sp³-hybridized carbons (Fsp3) is 0.333. The highest BCUT2D eigenvalue weighted by Crippen LogP contribution is 2.31. The van der Waals surface area contributed by atoms with Gasteiger partial charge in [0, 0.05) is 24.7 Å². The second-order valence-electron chi connectivity index (χ2n) is 6.19. The number of halogens is 2. The van der Waals surface area contributed by atoms with E-state index in [2.05, 4.69) is 21.3 Å². The van der Waals surface area contributed by atoms with Gasteiger partial charge in [0.1, 0.15) is 23.0 Å². The summed E-state index contributed by atoms with van der Waals surface area (Å²) < 4.78 is 13.1. The average molecular weight is 347 g/mol. The standard InChI is InChI=1S/C18H19FN4.ClH/c1-12-20-16-11-15(13-5-7-14(19)8-6-13)22-17(16)18(21-12)23-9-3-2-4-10-23;/h5-8,11,22H,2-4,9-10H2,1H3;1H. The second-order valence-corrected chi connectivity index (χ2v) is 6.19. The molecular formula is C18H20ClFN4. The molecule has 2 aliphatic heterocycles. The van der Waals surface area contributed by atoms with Gasteiger partial charge in [-0.15, -0.1) is 0 Å². The number of aromatic nitrogens is 2. The zero-order valence-corrected chi connectivity index (χ0v) is 14.4. The Morgan fingerprint density at radius 3 is 2.46 bits per heavy atom. The minimum atomic E-state index is -0.213. The fourth-order valence-corrected chi connectivity index (χ4v) is 3.34. The van der Waals surface area contributed by atoms with Crippen LogP contribution >= 0.6 is 0 Å². The Hall–Kier alpha value is -1.98. The maximum absolute atomic E-state index is 13.1. The number of anilines is 1. The molecule has 3 heterocycles. The summed E-state index contributed by atoms with van der Waals surface area (Å²) in [6.45, 7) is 4.06. The molecule has 2 aromatic rings. The third-order valence-corrected chi connectivity index (χ3v) is 4.49. The molecule has 126 valence electrons. The van der Waals surface area contributed by atoms with Crippen LogP contribution in [0.5, 0.6) is 0 Å². The van der Waals surface area contributed by atoms with E-state index in [0.717, 1.165) is 47.4 Å². The molecule has 0 amide bonds. The van der Waals surface area contributed by atoms with Crippen molar-refractivity contribution in [2.75, 3.05) is 18.0 Å². The number of aryl methyl sites for hydroxylation is 1. The second kappa shape index (κ2) is 6.87. The van der Waals surface area contributed by atoms with E-state index in [0.29, 0.717) is 0 Å². The molecule has 1 aromatic heterocycles. The molecule has 0 saturated carbocycles. The number of piperidine rings is 1. The maximum Gasteiger partial charge on any atom is 0.203 e. The lowest BCUT2D eigenvalue weighted by molar-refractivity contribution is -0.464. The zero-order chi connectivity index (χ0) is 15.8. The quantitative estimate of drug-likeness (QED) is 0.807. The first-order valence-corrected chi connectivity index (χ1v) is 8.17. The summed E-state index contributed by atoms with van der Waals surface area (Å²) in [5, 5.41) is 2.13. The van der Waals surface area contributed by atoms with E-state index in [1.54, 1.807) is 0 Å². The minimum Gasteiger partial charge on any atom is -1.00 e. The van der Waals surface area contributed by atoms with Crippen molar-refractivity contribution >= 4 is 23.3 Å². The van der Waals surface area contributed by atoms with E-state index in [9.17, 15) is 4.39 Å². The largest absolute Gasteiger partial charge is 1.00 e. The van der Waals surface area contributed by atoms with Crippen molar-refractivity contribution in [1.82, 2.24) is 9.97 Å². The first kappa shape index (κ1) is 16.9. The number of hydrogen-bond acceptors (Lipinski definition) is 3. The average Bonchev–Trinajstić information content (AvgIpc) is 2.99. The van der Waals surface area contributed by atoms with Crippen molar-refractivity contribution in [2.24, 2.45) is 0 Å². The Morgan fingerprint density at radius 2 is 1.75 bits per heavy atom. The highest BCUT2D eigenvalue weighted by atomic mass is 35.5. The molecule has 0 aliphatic carbocycles. The topological polar surface area (TPSA) is 45.6 Å². The summed E-state index contributed by atoms with van der Waals surface area (Å²) in [6, 6.07) is 6.61. The molecule has 1 aromatic carbocycles. The van der Waals surface area contributed by atoms with E-state index in [-0.39, 0.29) is 18.2 Å². The lowest BCUT2D eigenvalue weighted by Crippen LogP contribution is -3.00. The molecule has 0 radical (unpaired) electrons. The number of benzene rings is 1. The molecule has 24 heavy (non-hydrogen) atoms. The van der Waals surface area contributed by atoms with Gasteiger partial charge in [-0.1, -0.05) is 0 Å². The number of fused-ring (bicyclic) bond motifs is 1. The summed E-state index contributed by atoms with van der Waals surface area (Å²) in [5.74, 6) is 1.63. The van der Waals surface area contributed by atoms with Crippen LogP contribution in [0.2, 0.25) is 0 Å². The number of nitrogens with zero attached hydrogens (tertiary/aromatic N) is 3. The SMILES string of the molecule is Cc1nc2c(c(N3CCCCC3)n1)[NH2+]C(c1ccc(F)cc1)=C2.[Cl-]. The molecule has 0 unspecified atom stereocenters. The van der Waals surface area contributed by atoms with Gasteiger partial charge in [0.15, 0.2) is 5.82 Å². The van der Waals surface area contributed by atoms with Crippen LogP contribution in [0.25, 0.3) is 11.8 Å². The normalized spacial score (nSPS) is 16.4. The van der Waals surface area contributed by atoms with E-state index < -0.39 is 0 Å². The molecule has 2 aliphatic rings. The van der Waals surface area contributed by atoms with Crippen LogP contribution in [0.15, 0.2) is 24.3 Å². The predicted octanol–water partition coefficient (Wildman–Crippen LogP) is -0.375.